The van der Waals surface area contributed by atoms with E-state index in [1.165, 1.54) is 17.7 Å². The van der Waals surface area contributed by atoms with Gasteiger partial charge in [-0.25, -0.2) is 9.78 Å². The van der Waals surface area contributed by atoms with Crippen LogP contribution in [0.5, 0.6) is 0 Å². The van der Waals surface area contributed by atoms with E-state index >= 15 is 0 Å². The third kappa shape index (κ3) is 4.58. The Bertz CT molecular complexity index is 896. The Morgan fingerprint density at radius 1 is 1.17 bits per heavy atom. The fourth-order valence-corrected chi connectivity index (χ4v) is 3.45. The van der Waals surface area contributed by atoms with Crippen LogP contribution in [0.2, 0.25) is 0 Å². The standard InChI is InChI=1S/C21H27N5O3/c1-21(2,3)29-20(28)26-12-4-5-16(26)19(27)22-15-10-8-14(9-11-15)18-23-17(24-25-18)13-6-7-13/h8-11,13,16H,4-7,12H2,1-3H3,(H,22,27)(H,23,24,25)/t16-/m0/s1. The summed E-state index contributed by atoms with van der Waals surface area (Å²) in [6.45, 7) is 5.98. The minimum Gasteiger partial charge on any atom is -0.444 e. The van der Waals surface area contributed by atoms with Gasteiger partial charge in [0.15, 0.2) is 5.82 Å². The summed E-state index contributed by atoms with van der Waals surface area (Å²) in [6.07, 6.45) is 3.30. The molecular formula is C21H27N5O3. The first-order chi connectivity index (χ1) is 13.8. The molecule has 8 nitrogen and oxygen atoms in total. The molecule has 2 amide bonds. The van der Waals surface area contributed by atoms with Crippen LogP contribution in [0.4, 0.5) is 10.5 Å². The maximum atomic E-state index is 12.7. The Morgan fingerprint density at radius 2 is 1.90 bits per heavy atom. The smallest absolute Gasteiger partial charge is 0.410 e. The topological polar surface area (TPSA) is 100 Å². The fraction of sp³-hybridized carbons (Fsp3) is 0.524. The Kier molecular flexibility index (Phi) is 5.02. The molecule has 2 heterocycles. The summed E-state index contributed by atoms with van der Waals surface area (Å²) in [4.78, 5) is 31.2. The Labute approximate surface area is 170 Å². The monoisotopic (exact) mass is 397 g/mol. The normalized spacial score (nSPS) is 19.3. The van der Waals surface area contributed by atoms with Crippen LogP contribution < -0.4 is 5.32 Å². The molecule has 2 N–H and O–H groups in total. The van der Waals surface area contributed by atoms with E-state index in [2.05, 4.69) is 20.5 Å². The van der Waals surface area contributed by atoms with Crippen molar-refractivity contribution < 1.29 is 14.3 Å². The highest BCUT2D eigenvalue weighted by molar-refractivity contribution is 5.97. The van der Waals surface area contributed by atoms with E-state index in [4.69, 9.17) is 4.74 Å². The lowest BCUT2D eigenvalue weighted by Gasteiger charge is -2.28. The number of carbonyl (C=O) groups excluding carboxylic acids is 2. The Morgan fingerprint density at radius 3 is 2.55 bits per heavy atom. The number of ether oxygens (including phenoxy) is 1. The highest BCUT2D eigenvalue weighted by Crippen LogP contribution is 2.38. The average molecular weight is 397 g/mol. The highest BCUT2D eigenvalue weighted by Gasteiger charge is 2.36. The van der Waals surface area contributed by atoms with Gasteiger partial charge in [-0.2, -0.15) is 5.10 Å². The van der Waals surface area contributed by atoms with Crippen LogP contribution in [0.15, 0.2) is 24.3 Å². The molecule has 4 rings (SSSR count). The maximum absolute atomic E-state index is 12.7. The molecule has 1 aliphatic carbocycles. The van der Waals surface area contributed by atoms with E-state index in [1.807, 2.05) is 45.0 Å². The number of benzene rings is 1. The minimum absolute atomic E-state index is 0.199. The lowest BCUT2D eigenvalue weighted by atomic mass is 10.1. The van der Waals surface area contributed by atoms with Crippen LogP contribution >= 0.6 is 0 Å². The van der Waals surface area contributed by atoms with Gasteiger partial charge in [0.2, 0.25) is 5.91 Å². The van der Waals surface area contributed by atoms with Crippen molar-refractivity contribution in [2.45, 2.75) is 64.0 Å². The van der Waals surface area contributed by atoms with Crippen molar-refractivity contribution in [2.24, 2.45) is 0 Å². The molecule has 1 saturated carbocycles. The summed E-state index contributed by atoms with van der Waals surface area (Å²) in [5, 5.41) is 10.2. The lowest BCUT2D eigenvalue weighted by Crippen LogP contribution is -2.45. The Hall–Kier alpha value is -2.90. The molecule has 2 fully saturated rings. The first kappa shape index (κ1) is 19.4. The second kappa shape index (κ2) is 7.50. The van der Waals surface area contributed by atoms with Crippen LogP contribution in [0.25, 0.3) is 11.4 Å². The van der Waals surface area contributed by atoms with Crippen LogP contribution in [0, 0.1) is 0 Å². The molecule has 1 atom stereocenters. The number of amides is 2. The molecular weight excluding hydrogens is 370 g/mol. The number of aromatic amines is 1. The number of hydrogen-bond donors (Lipinski definition) is 2. The molecule has 0 spiro atoms. The number of anilines is 1. The van der Waals surface area contributed by atoms with E-state index in [9.17, 15) is 9.59 Å². The summed E-state index contributed by atoms with van der Waals surface area (Å²) in [5.41, 5.74) is 0.978. The van der Waals surface area contributed by atoms with Crippen molar-refractivity contribution in [1.82, 2.24) is 20.1 Å². The van der Waals surface area contributed by atoms with Gasteiger partial charge in [0.05, 0.1) is 0 Å². The number of nitrogens with one attached hydrogen (secondary N) is 2. The van der Waals surface area contributed by atoms with Gasteiger partial charge in [-0.3, -0.25) is 14.8 Å². The van der Waals surface area contributed by atoms with Crippen LogP contribution in [-0.2, 0) is 9.53 Å². The molecule has 154 valence electrons. The molecule has 1 aromatic heterocycles. The number of likely N-dealkylation sites (tertiary alicyclic amines) is 1. The van der Waals surface area contributed by atoms with Crippen LogP contribution in [0.3, 0.4) is 0 Å². The predicted octanol–water partition coefficient (Wildman–Crippen LogP) is 3.69. The van der Waals surface area contributed by atoms with Gasteiger partial charge in [-0.05, 0) is 70.7 Å². The molecule has 0 radical (unpaired) electrons. The third-order valence-electron chi connectivity index (χ3n) is 5.06. The molecule has 2 aliphatic rings. The van der Waals surface area contributed by atoms with E-state index in [-0.39, 0.29) is 5.91 Å². The van der Waals surface area contributed by atoms with E-state index in [1.54, 1.807) is 0 Å². The number of hydrogen-bond acceptors (Lipinski definition) is 5. The van der Waals surface area contributed by atoms with Gasteiger partial charge >= 0.3 is 6.09 Å². The molecule has 1 aliphatic heterocycles. The average Bonchev–Trinajstić information content (AvgIpc) is 3.19. The molecule has 0 unspecified atom stereocenters. The summed E-state index contributed by atoms with van der Waals surface area (Å²) < 4.78 is 5.43. The third-order valence-corrected chi connectivity index (χ3v) is 5.06. The van der Waals surface area contributed by atoms with Gasteiger partial charge in [-0.1, -0.05) is 0 Å². The molecule has 0 bridgehead atoms. The van der Waals surface area contributed by atoms with Gasteiger partial charge in [-0.15, -0.1) is 0 Å². The summed E-state index contributed by atoms with van der Waals surface area (Å²) >= 11 is 0. The molecule has 29 heavy (non-hydrogen) atoms. The molecule has 8 heteroatoms. The summed E-state index contributed by atoms with van der Waals surface area (Å²) in [5.74, 6) is 1.93. The van der Waals surface area contributed by atoms with E-state index in [0.29, 0.717) is 30.4 Å². The highest BCUT2D eigenvalue weighted by atomic mass is 16.6. The van der Waals surface area contributed by atoms with Crippen LogP contribution in [-0.4, -0.2) is 50.3 Å². The molecule has 1 saturated heterocycles. The number of aromatic nitrogens is 3. The van der Waals surface area contributed by atoms with Crippen molar-refractivity contribution in [1.29, 1.82) is 0 Å². The fourth-order valence-electron chi connectivity index (χ4n) is 3.45. The number of H-pyrrole nitrogens is 1. The lowest BCUT2D eigenvalue weighted by molar-refractivity contribution is -0.120. The SMILES string of the molecule is CC(C)(C)OC(=O)N1CCC[C@H]1C(=O)Nc1ccc(-c2n[nH]c(C3CC3)n2)cc1. The van der Waals surface area contributed by atoms with Crippen molar-refractivity contribution in [3.8, 4) is 11.4 Å². The summed E-state index contributed by atoms with van der Waals surface area (Å²) in [7, 11) is 0. The van der Waals surface area contributed by atoms with Crippen molar-refractivity contribution >= 4 is 17.7 Å². The Balaban J connectivity index is 1.39. The zero-order chi connectivity index (χ0) is 20.6. The number of rotatable bonds is 4. The van der Waals surface area contributed by atoms with Gasteiger partial charge in [0.25, 0.3) is 0 Å². The first-order valence-electron chi connectivity index (χ1n) is 10.1. The zero-order valence-electron chi connectivity index (χ0n) is 17.1. The second-order valence-electron chi connectivity index (χ2n) is 8.72. The first-order valence-corrected chi connectivity index (χ1v) is 10.1. The van der Waals surface area contributed by atoms with Gasteiger partial charge in [0.1, 0.15) is 17.5 Å². The van der Waals surface area contributed by atoms with E-state index < -0.39 is 17.7 Å². The summed E-state index contributed by atoms with van der Waals surface area (Å²) in [6, 6.07) is 6.91. The predicted molar refractivity (Wildman–Crippen MR) is 108 cm³/mol. The molecule has 2 aromatic rings. The second-order valence-corrected chi connectivity index (χ2v) is 8.72. The minimum atomic E-state index is -0.587. The van der Waals surface area contributed by atoms with Crippen molar-refractivity contribution in [2.75, 3.05) is 11.9 Å². The van der Waals surface area contributed by atoms with Gasteiger partial charge < -0.3 is 10.1 Å². The number of nitrogens with zero attached hydrogens (tertiary/aromatic N) is 3. The zero-order valence-corrected chi connectivity index (χ0v) is 17.1. The molecule has 1 aromatic carbocycles. The van der Waals surface area contributed by atoms with Gasteiger partial charge in [0, 0.05) is 23.7 Å². The maximum Gasteiger partial charge on any atom is 0.410 e. The van der Waals surface area contributed by atoms with Crippen molar-refractivity contribution in [3.63, 3.8) is 0 Å². The number of carbonyl (C=O) groups is 2. The van der Waals surface area contributed by atoms with E-state index in [0.717, 1.165) is 17.8 Å². The van der Waals surface area contributed by atoms with Crippen LogP contribution in [0.1, 0.15) is 58.2 Å². The quantitative estimate of drug-likeness (QED) is 0.820. The largest absolute Gasteiger partial charge is 0.444 e. The van der Waals surface area contributed by atoms with Crippen molar-refractivity contribution in [3.05, 3.63) is 30.1 Å².